The molecule has 0 aliphatic heterocycles. The second kappa shape index (κ2) is 6.53. The maximum Gasteiger partial charge on any atom is 0.225 e. The average molecular weight is 298 g/mol. The first kappa shape index (κ1) is 14.5. The summed E-state index contributed by atoms with van der Waals surface area (Å²) in [7, 11) is 0. The van der Waals surface area contributed by atoms with Gasteiger partial charge in [0.2, 0.25) is 5.28 Å². The van der Waals surface area contributed by atoms with Gasteiger partial charge in [0, 0.05) is 12.6 Å². The van der Waals surface area contributed by atoms with Gasteiger partial charge in [-0.25, -0.2) is 4.98 Å². The summed E-state index contributed by atoms with van der Waals surface area (Å²) >= 11 is 7.68. The van der Waals surface area contributed by atoms with Crippen LogP contribution in [0, 0.1) is 0 Å². The number of hydrogen-bond acceptors (Lipinski definition) is 4. The van der Waals surface area contributed by atoms with Gasteiger partial charge in [0.05, 0.1) is 5.39 Å². The van der Waals surface area contributed by atoms with Crippen LogP contribution in [-0.2, 0) is 0 Å². The van der Waals surface area contributed by atoms with Crippen molar-refractivity contribution in [2.24, 2.45) is 0 Å². The van der Waals surface area contributed by atoms with Crippen LogP contribution < -0.4 is 4.90 Å². The first-order chi connectivity index (χ1) is 9.17. The highest BCUT2D eigenvalue weighted by atomic mass is 35.5. The number of halogens is 1. The molecule has 2 rings (SSSR count). The molecule has 0 aliphatic rings. The van der Waals surface area contributed by atoms with Crippen LogP contribution in [0.15, 0.2) is 11.4 Å². The Labute approximate surface area is 123 Å². The van der Waals surface area contributed by atoms with Crippen molar-refractivity contribution in [3.63, 3.8) is 0 Å². The van der Waals surface area contributed by atoms with Crippen molar-refractivity contribution in [1.82, 2.24) is 9.97 Å². The number of aromatic nitrogens is 2. The molecule has 0 saturated carbocycles. The average Bonchev–Trinajstić information content (AvgIpc) is 2.86. The summed E-state index contributed by atoms with van der Waals surface area (Å²) in [4.78, 5) is 12.1. The Morgan fingerprint density at radius 3 is 2.84 bits per heavy atom. The van der Waals surface area contributed by atoms with Crippen molar-refractivity contribution in [3.8, 4) is 0 Å². The van der Waals surface area contributed by atoms with E-state index in [-0.39, 0.29) is 0 Å². The van der Waals surface area contributed by atoms with Crippen molar-refractivity contribution in [3.05, 3.63) is 16.7 Å². The Bertz CT molecular complexity index is 540. The molecular weight excluding hydrogens is 278 g/mol. The van der Waals surface area contributed by atoms with E-state index in [1.165, 1.54) is 6.42 Å². The molecule has 0 aliphatic carbocycles. The van der Waals surface area contributed by atoms with Gasteiger partial charge in [0.15, 0.2) is 0 Å². The standard InChI is InChI=1S/C14H20ClN3S/c1-4-6-8-18(10(3)5-2)12-11-7-9-19-13(11)17-14(15)16-12/h7,9-10H,4-6,8H2,1-3H3. The molecule has 2 heterocycles. The summed E-state index contributed by atoms with van der Waals surface area (Å²) in [5, 5.41) is 3.51. The Morgan fingerprint density at radius 2 is 2.16 bits per heavy atom. The number of anilines is 1. The van der Waals surface area contributed by atoms with Crippen LogP contribution >= 0.6 is 22.9 Å². The molecular formula is C14H20ClN3S. The lowest BCUT2D eigenvalue weighted by atomic mass is 10.2. The van der Waals surface area contributed by atoms with Crippen LogP contribution in [0.4, 0.5) is 5.82 Å². The van der Waals surface area contributed by atoms with Crippen molar-refractivity contribution < 1.29 is 0 Å². The van der Waals surface area contributed by atoms with Crippen molar-refractivity contribution in [1.29, 1.82) is 0 Å². The van der Waals surface area contributed by atoms with E-state index in [4.69, 9.17) is 11.6 Å². The fourth-order valence-electron chi connectivity index (χ4n) is 2.12. The quantitative estimate of drug-likeness (QED) is 0.721. The van der Waals surface area contributed by atoms with Crippen molar-refractivity contribution in [2.45, 2.75) is 46.1 Å². The zero-order valence-electron chi connectivity index (χ0n) is 11.7. The topological polar surface area (TPSA) is 29.0 Å². The molecule has 0 saturated heterocycles. The molecule has 0 spiro atoms. The summed E-state index contributed by atoms with van der Waals surface area (Å²) in [5.74, 6) is 0.985. The summed E-state index contributed by atoms with van der Waals surface area (Å²) in [6.07, 6.45) is 3.44. The third-order valence-electron chi connectivity index (χ3n) is 3.43. The summed E-state index contributed by atoms with van der Waals surface area (Å²) in [6.45, 7) is 7.67. The fourth-order valence-corrected chi connectivity index (χ4v) is 3.09. The molecule has 104 valence electrons. The number of fused-ring (bicyclic) bond motifs is 1. The Morgan fingerprint density at radius 1 is 1.37 bits per heavy atom. The number of thiophene rings is 1. The normalized spacial score (nSPS) is 12.8. The molecule has 0 bridgehead atoms. The SMILES string of the molecule is CCCCN(c1nc(Cl)nc2sccc12)C(C)CC. The van der Waals surface area contributed by atoms with Gasteiger partial charge >= 0.3 is 0 Å². The highest BCUT2D eigenvalue weighted by Gasteiger charge is 2.18. The Balaban J connectivity index is 2.44. The van der Waals surface area contributed by atoms with E-state index in [9.17, 15) is 0 Å². The number of unbranched alkanes of at least 4 members (excludes halogenated alkanes) is 1. The summed E-state index contributed by atoms with van der Waals surface area (Å²) in [6, 6.07) is 2.55. The number of rotatable bonds is 6. The highest BCUT2D eigenvalue weighted by molar-refractivity contribution is 7.16. The molecule has 2 aromatic rings. The third-order valence-corrected chi connectivity index (χ3v) is 4.40. The lowest BCUT2D eigenvalue weighted by Gasteiger charge is -2.30. The van der Waals surface area contributed by atoms with Gasteiger partial charge in [-0.2, -0.15) is 4.98 Å². The highest BCUT2D eigenvalue weighted by Crippen LogP contribution is 2.30. The predicted molar refractivity (Wildman–Crippen MR) is 84.4 cm³/mol. The lowest BCUT2D eigenvalue weighted by molar-refractivity contribution is 0.591. The second-order valence-electron chi connectivity index (χ2n) is 4.76. The van der Waals surface area contributed by atoms with Gasteiger partial charge in [-0.3, -0.25) is 0 Å². The first-order valence-electron chi connectivity index (χ1n) is 6.84. The zero-order valence-corrected chi connectivity index (χ0v) is 13.3. The van der Waals surface area contributed by atoms with E-state index in [1.807, 2.05) is 5.38 Å². The third kappa shape index (κ3) is 3.18. The van der Waals surface area contributed by atoms with E-state index >= 15 is 0 Å². The lowest BCUT2D eigenvalue weighted by Crippen LogP contribution is -2.34. The van der Waals surface area contributed by atoms with Crippen LogP contribution in [0.25, 0.3) is 10.2 Å². The Hall–Kier alpha value is -0.870. The molecule has 1 unspecified atom stereocenters. The van der Waals surface area contributed by atoms with Gasteiger partial charge in [-0.05, 0) is 42.8 Å². The minimum atomic E-state index is 0.342. The van der Waals surface area contributed by atoms with Gasteiger partial charge in [-0.15, -0.1) is 11.3 Å². The van der Waals surface area contributed by atoms with Crippen LogP contribution in [-0.4, -0.2) is 22.6 Å². The molecule has 0 aromatic carbocycles. The fraction of sp³-hybridized carbons (Fsp3) is 0.571. The summed E-state index contributed by atoms with van der Waals surface area (Å²) < 4.78 is 0. The van der Waals surface area contributed by atoms with E-state index in [1.54, 1.807) is 11.3 Å². The molecule has 0 fully saturated rings. The minimum Gasteiger partial charge on any atom is -0.353 e. The zero-order chi connectivity index (χ0) is 13.8. The van der Waals surface area contributed by atoms with E-state index in [2.05, 4.69) is 41.7 Å². The maximum absolute atomic E-state index is 6.06. The van der Waals surface area contributed by atoms with Crippen LogP contribution in [0.1, 0.15) is 40.0 Å². The smallest absolute Gasteiger partial charge is 0.225 e. The molecule has 0 amide bonds. The predicted octanol–water partition coefficient (Wildman–Crippen LogP) is 4.75. The van der Waals surface area contributed by atoms with Gasteiger partial charge in [-0.1, -0.05) is 20.3 Å². The van der Waals surface area contributed by atoms with E-state index in [0.29, 0.717) is 11.3 Å². The molecule has 19 heavy (non-hydrogen) atoms. The molecule has 2 aromatic heterocycles. The van der Waals surface area contributed by atoms with Crippen molar-refractivity contribution >= 4 is 39.0 Å². The van der Waals surface area contributed by atoms with Gasteiger partial charge in [0.1, 0.15) is 10.6 Å². The summed E-state index contributed by atoms with van der Waals surface area (Å²) in [5.41, 5.74) is 0. The largest absolute Gasteiger partial charge is 0.353 e. The number of hydrogen-bond donors (Lipinski definition) is 0. The maximum atomic E-state index is 6.06. The van der Waals surface area contributed by atoms with Crippen molar-refractivity contribution in [2.75, 3.05) is 11.4 Å². The second-order valence-corrected chi connectivity index (χ2v) is 5.99. The number of nitrogens with zero attached hydrogens (tertiary/aromatic N) is 3. The molecule has 1 atom stereocenters. The Kier molecular flexibility index (Phi) is 4.99. The molecule has 0 radical (unpaired) electrons. The van der Waals surface area contributed by atoms with Crippen LogP contribution in [0.3, 0.4) is 0 Å². The minimum absolute atomic E-state index is 0.342. The molecule has 3 nitrogen and oxygen atoms in total. The van der Waals surface area contributed by atoms with E-state index in [0.717, 1.165) is 35.4 Å². The monoisotopic (exact) mass is 297 g/mol. The van der Waals surface area contributed by atoms with Gasteiger partial charge in [0.25, 0.3) is 0 Å². The molecule has 5 heteroatoms. The first-order valence-corrected chi connectivity index (χ1v) is 8.10. The molecule has 0 N–H and O–H groups in total. The van der Waals surface area contributed by atoms with E-state index < -0.39 is 0 Å². The van der Waals surface area contributed by atoms with Crippen LogP contribution in [0.5, 0.6) is 0 Å². The van der Waals surface area contributed by atoms with Crippen LogP contribution in [0.2, 0.25) is 5.28 Å². The van der Waals surface area contributed by atoms with Gasteiger partial charge < -0.3 is 4.90 Å².